The van der Waals surface area contributed by atoms with Crippen LogP contribution in [-0.4, -0.2) is 49.7 Å². The lowest BCUT2D eigenvalue weighted by Gasteiger charge is -2.14. The van der Waals surface area contributed by atoms with E-state index < -0.39 is 0 Å². The number of aryl methyl sites for hydroxylation is 1. The van der Waals surface area contributed by atoms with E-state index in [1.54, 1.807) is 19.2 Å². The van der Waals surface area contributed by atoms with E-state index in [1.807, 2.05) is 60.9 Å². The van der Waals surface area contributed by atoms with Crippen molar-refractivity contribution in [3.8, 4) is 16.9 Å². The molecule has 30 heavy (non-hydrogen) atoms. The maximum atomic E-state index is 13.3. The van der Waals surface area contributed by atoms with E-state index >= 15 is 0 Å². The van der Waals surface area contributed by atoms with E-state index in [4.69, 9.17) is 4.74 Å². The van der Waals surface area contributed by atoms with Crippen LogP contribution in [0.1, 0.15) is 21.6 Å². The minimum absolute atomic E-state index is 0.127. The normalized spacial score (nSPS) is 11.0. The Labute approximate surface area is 177 Å². The first-order chi connectivity index (χ1) is 14.4. The van der Waals surface area contributed by atoms with Gasteiger partial charge in [-0.25, -0.2) is 4.39 Å². The van der Waals surface area contributed by atoms with Crippen molar-refractivity contribution in [1.82, 2.24) is 14.8 Å². The summed E-state index contributed by atoms with van der Waals surface area (Å²) < 4.78 is 20.5. The maximum absolute atomic E-state index is 13.3. The van der Waals surface area contributed by atoms with Crippen LogP contribution in [0.2, 0.25) is 0 Å². The number of aromatic nitrogens is 1. The van der Waals surface area contributed by atoms with Gasteiger partial charge in [0.25, 0.3) is 5.91 Å². The fourth-order valence-electron chi connectivity index (χ4n) is 3.45. The number of carbonyl (C=O) groups is 1. The molecule has 0 bridgehead atoms. The van der Waals surface area contributed by atoms with Crippen molar-refractivity contribution in [2.45, 2.75) is 13.5 Å². The van der Waals surface area contributed by atoms with Gasteiger partial charge in [-0.15, -0.1) is 0 Å². The van der Waals surface area contributed by atoms with E-state index in [2.05, 4.69) is 5.32 Å². The van der Waals surface area contributed by atoms with Crippen molar-refractivity contribution in [3.05, 3.63) is 77.4 Å². The first-order valence-corrected chi connectivity index (χ1v) is 9.90. The topological polar surface area (TPSA) is 46.5 Å². The van der Waals surface area contributed by atoms with Crippen LogP contribution in [0.5, 0.6) is 5.75 Å². The van der Waals surface area contributed by atoms with E-state index in [0.717, 1.165) is 34.5 Å². The van der Waals surface area contributed by atoms with Crippen molar-refractivity contribution in [3.63, 3.8) is 0 Å². The Kier molecular flexibility index (Phi) is 6.90. The molecule has 1 amide bonds. The smallest absolute Gasteiger partial charge is 0.268 e. The molecule has 1 heterocycles. The van der Waals surface area contributed by atoms with Gasteiger partial charge in [0.15, 0.2) is 0 Å². The highest BCUT2D eigenvalue weighted by molar-refractivity contribution is 6.00. The highest BCUT2D eigenvalue weighted by Crippen LogP contribution is 2.31. The largest absolute Gasteiger partial charge is 0.497 e. The molecule has 0 saturated carbocycles. The third-order valence-corrected chi connectivity index (χ3v) is 4.97. The Bertz CT molecular complexity index is 993. The third kappa shape index (κ3) is 5.07. The highest BCUT2D eigenvalue weighted by Gasteiger charge is 2.21. The van der Waals surface area contributed by atoms with Crippen LogP contribution in [0.4, 0.5) is 4.39 Å². The van der Waals surface area contributed by atoms with E-state index in [-0.39, 0.29) is 11.7 Å². The number of hydrogen-bond acceptors (Lipinski definition) is 3. The molecule has 1 N–H and O–H groups in total. The Hall–Kier alpha value is -3.12. The maximum Gasteiger partial charge on any atom is 0.268 e. The molecule has 6 heteroatoms. The van der Waals surface area contributed by atoms with Crippen LogP contribution in [0.25, 0.3) is 11.1 Å². The zero-order chi connectivity index (χ0) is 21.7. The lowest BCUT2D eigenvalue weighted by molar-refractivity contribution is 0.0943. The molecule has 0 saturated heterocycles. The number of halogens is 1. The molecule has 2 aromatic carbocycles. The highest BCUT2D eigenvalue weighted by atomic mass is 19.1. The zero-order valence-electron chi connectivity index (χ0n) is 17.9. The van der Waals surface area contributed by atoms with Crippen molar-refractivity contribution >= 4 is 5.91 Å². The van der Waals surface area contributed by atoms with Crippen LogP contribution in [0.15, 0.2) is 54.7 Å². The molecule has 0 unspecified atom stereocenters. The number of benzene rings is 2. The molecule has 5 nitrogen and oxygen atoms in total. The fourth-order valence-corrected chi connectivity index (χ4v) is 3.45. The predicted octanol–water partition coefficient (Wildman–Crippen LogP) is 3.95. The van der Waals surface area contributed by atoms with Gasteiger partial charge < -0.3 is 19.5 Å². The number of hydrogen-bond donors (Lipinski definition) is 1. The summed E-state index contributed by atoms with van der Waals surface area (Å²) in [4.78, 5) is 15.2. The summed E-state index contributed by atoms with van der Waals surface area (Å²) in [6.07, 6.45) is 1.98. The van der Waals surface area contributed by atoms with Gasteiger partial charge in [-0.05, 0) is 62.0 Å². The van der Waals surface area contributed by atoms with Gasteiger partial charge in [-0.3, -0.25) is 4.79 Å². The van der Waals surface area contributed by atoms with Crippen LogP contribution < -0.4 is 10.1 Å². The standard InChI is InChI=1S/C24H28FN3O2/c1-17-15-28(16-18-5-9-20(25)10-6-18)23(24(29)26-13-14-27(2)3)22(17)19-7-11-21(30-4)12-8-19/h5-12,15H,13-14,16H2,1-4H3,(H,26,29). The number of amides is 1. The molecule has 0 fully saturated rings. The average molecular weight is 410 g/mol. The summed E-state index contributed by atoms with van der Waals surface area (Å²) >= 11 is 0. The van der Waals surface area contributed by atoms with Crippen LogP contribution >= 0.6 is 0 Å². The van der Waals surface area contributed by atoms with Gasteiger partial charge in [0, 0.05) is 31.4 Å². The van der Waals surface area contributed by atoms with Gasteiger partial charge >= 0.3 is 0 Å². The summed E-state index contributed by atoms with van der Waals surface area (Å²) in [5.74, 6) is 0.361. The minimum Gasteiger partial charge on any atom is -0.497 e. The number of nitrogens with one attached hydrogen (secondary N) is 1. The van der Waals surface area contributed by atoms with Gasteiger partial charge in [0.1, 0.15) is 17.3 Å². The zero-order valence-corrected chi connectivity index (χ0v) is 17.9. The van der Waals surface area contributed by atoms with Crippen molar-refractivity contribution in [1.29, 1.82) is 0 Å². The number of likely N-dealkylation sites (N-methyl/N-ethyl adjacent to an activating group) is 1. The Balaban J connectivity index is 2.00. The quantitative estimate of drug-likeness (QED) is 0.613. The van der Waals surface area contributed by atoms with E-state index in [9.17, 15) is 9.18 Å². The molecular weight excluding hydrogens is 381 g/mol. The molecule has 0 atom stereocenters. The first kappa shape index (κ1) is 21.6. The lowest BCUT2D eigenvalue weighted by Crippen LogP contribution is -2.32. The van der Waals surface area contributed by atoms with Crippen LogP contribution in [0.3, 0.4) is 0 Å². The van der Waals surface area contributed by atoms with Crippen molar-refractivity contribution in [2.24, 2.45) is 0 Å². The Morgan fingerprint density at radius 3 is 2.37 bits per heavy atom. The third-order valence-electron chi connectivity index (χ3n) is 4.97. The molecule has 0 spiro atoms. The van der Waals surface area contributed by atoms with E-state index in [0.29, 0.717) is 18.8 Å². The second kappa shape index (κ2) is 9.59. The monoisotopic (exact) mass is 409 g/mol. The number of nitrogens with zero attached hydrogens (tertiary/aromatic N) is 2. The van der Waals surface area contributed by atoms with E-state index in [1.165, 1.54) is 12.1 Å². The SMILES string of the molecule is COc1ccc(-c2c(C)cn(Cc3ccc(F)cc3)c2C(=O)NCCN(C)C)cc1. The summed E-state index contributed by atoms with van der Waals surface area (Å²) in [7, 11) is 5.57. The lowest BCUT2D eigenvalue weighted by atomic mass is 10.0. The minimum atomic E-state index is -0.275. The van der Waals surface area contributed by atoms with Gasteiger partial charge in [-0.2, -0.15) is 0 Å². The average Bonchev–Trinajstić information content (AvgIpc) is 3.05. The van der Waals surface area contributed by atoms with Crippen LogP contribution in [-0.2, 0) is 6.54 Å². The van der Waals surface area contributed by atoms with Gasteiger partial charge in [0.2, 0.25) is 0 Å². The summed E-state index contributed by atoms with van der Waals surface area (Å²) in [6, 6.07) is 14.1. The predicted molar refractivity (Wildman–Crippen MR) is 118 cm³/mol. The Morgan fingerprint density at radius 1 is 1.10 bits per heavy atom. The summed E-state index contributed by atoms with van der Waals surface area (Å²) in [5.41, 5.74) is 4.36. The second-order valence-electron chi connectivity index (χ2n) is 7.58. The van der Waals surface area contributed by atoms with Crippen LogP contribution in [0, 0.1) is 12.7 Å². The molecule has 0 aliphatic carbocycles. The summed E-state index contributed by atoms with van der Waals surface area (Å²) in [6.45, 7) is 3.78. The molecular formula is C24H28FN3O2. The molecule has 0 aliphatic rings. The fraction of sp³-hybridized carbons (Fsp3) is 0.292. The molecule has 3 aromatic rings. The molecule has 158 valence electrons. The number of ether oxygens (including phenoxy) is 1. The molecule has 3 rings (SSSR count). The van der Waals surface area contributed by atoms with Crippen molar-refractivity contribution < 1.29 is 13.9 Å². The molecule has 0 radical (unpaired) electrons. The molecule has 0 aliphatic heterocycles. The number of rotatable bonds is 8. The van der Waals surface area contributed by atoms with Gasteiger partial charge in [-0.1, -0.05) is 24.3 Å². The second-order valence-corrected chi connectivity index (χ2v) is 7.58. The number of methoxy groups -OCH3 is 1. The Morgan fingerprint density at radius 2 is 1.77 bits per heavy atom. The summed E-state index contributed by atoms with van der Waals surface area (Å²) in [5, 5.41) is 3.03. The van der Waals surface area contributed by atoms with Gasteiger partial charge in [0.05, 0.1) is 7.11 Å². The molecule has 1 aromatic heterocycles. The first-order valence-electron chi connectivity index (χ1n) is 9.90. The number of carbonyl (C=O) groups excluding carboxylic acids is 1. The van der Waals surface area contributed by atoms with Crippen molar-refractivity contribution in [2.75, 3.05) is 34.3 Å².